The fourth-order valence-corrected chi connectivity index (χ4v) is 3.02. The molecule has 0 aliphatic carbocycles. The second kappa shape index (κ2) is 11.1. The van der Waals surface area contributed by atoms with Crippen LogP contribution in [0.2, 0.25) is 0 Å². The molecular formula is C24H28N4O3. The van der Waals surface area contributed by atoms with E-state index in [9.17, 15) is 4.79 Å². The third-order valence-corrected chi connectivity index (χ3v) is 4.71. The van der Waals surface area contributed by atoms with Gasteiger partial charge in [0.15, 0.2) is 0 Å². The zero-order chi connectivity index (χ0) is 22.1. The molecule has 0 saturated heterocycles. The highest BCUT2D eigenvalue weighted by Gasteiger charge is 2.07. The third-order valence-electron chi connectivity index (χ3n) is 4.71. The highest BCUT2D eigenvalue weighted by atomic mass is 16.5. The summed E-state index contributed by atoms with van der Waals surface area (Å²) in [4.78, 5) is 20.0. The first-order valence-electron chi connectivity index (χ1n) is 10.3. The van der Waals surface area contributed by atoms with Gasteiger partial charge in [-0.2, -0.15) is 4.98 Å². The number of nitrogens with zero attached hydrogens (tertiary/aromatic N) is 2. The van der Waals surface area contributed by atoms with E-state index in [0.717, 1.165) is 24.2 Å². The second-order valence-corrected chi connectivity index (χ2v) is 7.23. The molecule has 162 valence electrons. The molecule has 0 radical (unpaired) electrons. The van der Waals surface area contributed by atoms with Crippen LogP contribution in [-0.4, -0.2) is 22.9 Å². The molecule has 31 heavy (non-hydrogen) atoms. The van der Waals surface area contributed by atoms with E-state index in [1.807, 2.05) is 48.5 Å². The highest BCUT2D eigenvalue weighted by Crippen LogP contribution is 2.22. The van der Waals surface area contributed by atoms with Crippen LogP contribution in [0.15, 0.2) is 54.6 Å². The van der Waals surface area contributed by atoms with E-state index in [4.69, 9.17) is 15.2 Å². The molecule has 7 nitrogen and oxygen atoms in total. The van der Waals surface area contributed by atoms with E-state index < -0.39 is 0 Å². The predicted molar refractivity (Wildman–Crippen MR) is 120 cm³/mol. The number of ether oxygens (including phenoxy) is 2. The van der Waals surface area contributed by atoms with Crippen LogP contribution >= 0.6 is 0 Å². The summed E-state index contributed by atoms with van der Waals surface area (Å²) in [7, 11) is 1.64. The molecule has 2 aromatic carbocycles. The van der Waals surface area contributed by atoms with Gasteiger partial charge >= 0.3 is 0 Å². The summed E-state index contributed by atoms with van der Waals surface area (Å²) in [6, 6.07) is 17.3. The van der Waals surface area contributed by atoms with Crippen molar-refractivity contribution in [1.82, 2.24) is 9.97 Å². The zero-order valence-electron chi connectivity index (χ0n) is 17.9. The summed E-state index contributed by atoms with van der Waals surface area (Å²) in [6.07, 6.45) is 2.32. The number of Topliss-reactive ketones (excluding diaryl/α,β-unsaturated/α-hetero) is 1. The van der Waals surface area contributed by atoms with Gasteiger partial charge in [0.1, 0.15) is 17.3 Å². The Hall–Kier alpha value is -3.45. The number of ketones is 1. The molecule has 0 atom stereocenters. The van der Waals surface area contributed by atoms with Crippen LogP contribution in [-0.2, 0) is 24.3 Å². The van der Waals surface area contributed by atoms with E-state index in [0.29, 0.717) is 36.2 Å². The SMILES string of the molecule is COc1ccc(CNc2nc(CN)cc(Oc3ccc(CCCC(C)=O)cc3)n2)cc1. The summed E-state index contributed by atoms with van der Waals surface area (Å²) in [5.74, 6) is 2.59. The molecular weight excluding hydrogens is 392 g/mol. The number of anilines is 1. The van der Waals surface area contributed by atoms with E-state index in [1.54, 1.807) is 20.1 Å². The number of nitrogens with one attached hydrogen (secondary N) is 1. The lowest BCUT2D eigenvalue weighted by Crippen LogP contribution is -2.08. The molecule has 1 aromatic heterocycles. The minimum Gasteiger partial charge on any atom is -0.497 e. The number of aryl methyl sites for hydroxylation is 1. The molecule has 3 rings (SSSR count). The van der Waals surface area contributed by atoms with Gasteiger partial charge in [-0.25, -0.2) is 4.98 Å². The summed E-state index contributed by atoms with van der Waals surface area (Å²) >= 11 is 0. The summed E-state index contributed by atoms with van der Waals surface area (Å²) in [6.45, 7) is 2.46. The largest absolute Gasteiger partial charge is 0.497 e. The monoisotopic (exact) mass is 420 g/mol. The van der Waals surface area contributed by atoms with E-state index >= 15 is 0 Å². The van der Waals surface area contributed by atoms with Gasteiger partial charge in [-0.15, -0.1) is 0 Å². The summed E-state index contributed by atoms with van der Waals surface area (Å²) in [5, 5.41) is 3.21. The Balaban J connectivity index is 1.63. The lowest BCUT2D eigenvalue weighted by atomic mass is 10.1. The van der Waals surface area contributed by atoms with Crippen LogP contribution in [0.3, 0.4) is 0 Å². The van der Waals surface area contributed by atoms with Crippen molar-refractivity contribution < 1.29 is 14.3 Å². The highest BCUT2D eigenvalue weighted by molar-refractivity contribution is 5.75. The van der Waals surface area contributed by atoms with Crippen LogP contribution in [0.5, 0.6) is 17.4 Å². The smallest absolute Gasteiger partial charge is 0.226 e. The summed E-state index contributed by atoms with van der Waals surface area (Å²) < 4.78 is 11.1. The predicted octanol–water partition coefficient (Wildman–Crippen LogP) is 4.26. The first-order chi connectivity index (χ1) is 15.1. The molecule has 0 bridgehead atoms. The zero-order valence-corrected chi connectivity index (χ0v) is 17.9. The Kier molecular flexibility index (Phi) is 7.95. The van der Waals surface area contributed by atoms with Crippen molar-refractivity contribution in [1.29, 1.82) is 0 Å². The Morgan fingerprint density at radius 3 is 2.32 bits per heavy atom. The molecule has 0 aliphatic heterocycles. The van der Waals surface area contributed by atoms with Crippen LogP contribution < -0.4 is 20.5 Å². The fraction of sp³-hybridized carbons (Fsp3) is 0.292. The Morgan fingerprint density at radius 2 is 1.68 bits per heavy atom. The Labute approximate surface area is 182 Å². The second-order valence-electron chi connectivity index (χ2n) is 7.23. The van der Waals surface area contributed by atoms with Crippen LogP contribution in [0, 0.1) is 0 Å². The number of rotatable bonds is 11. The number of hydrogen-bond donors (Lipinski definition) is 2. The number of carbonyl (C=O) groups excluding carboxylic acids is 1. The van der Waals surface area contributed by atoms with E-state index in [1.165, 1.54) is 5.56 Å². The molecule has 0 unspecified atom stereocenters. The molecule has 0 aliphatic rings. The number of aromatic nitrogens is 2. The van der Waals surface area contributed by atoms with Gasteiger partial charge in [0.05, 0.1) is 12.8 Å². The van der Waals surface area contributed by atoms with Gasteiger partial charge in [0, 0.05) is 25.6 Å². The van der Waals surface area contributed by atoms with Crippen LogP contribution in [0.1, 0.15) is 36.6 Å². The molecule has 3 aromatic rings. The molecule has 3 N–H and O–H groups in total. The van der Waals surface area contributed by atoms with Crippen molar-refractivity contribution in [3.8, 4) is 17.4 Å². The van der Waals surface area contributed by atoms with Crippen molar-refractivity contribution in [2.24, 2.45) is 5.73 Å². The maximum atomic E-state index is 11.1. The third kappa shape index (κ3) is 7.08. The van der Waals surface area contributed by atoms with Crippen molar-refractivity contribution in [3.05, 3.63) is 71.4 Å². The normalized spacial score (nSPS) is 10.5. The van der Waals surface area contributed by atoms with Gasteiger partial charge in [0.2, 0.25) is 11.8 Å². The number of benzene rings is 2. The molecule has 7 heteroatoms. The average Bonchev–Trinajstić information content (AvgIpc) is 2.79. The molecule has 0 amide bonds. The number of nitrogens with two attached hydrogens (primary N) is 1. The van der Waals surface area contributed by atoms with Gasteiger partial charge < -0.3 is 25.3 Å². The van der Waals surface area contributed by atoms with Crippen molar-refractivity contribution in [2.45, 2.75) is 39.3 Å². The minimum atomic E-state index is 0.218. The quantitative estimate of drug-likeness (QED) is 0.478. The minimum absolute atomic E-state index is 0.218. The lowest BCUT2D eigenvalue weighted by molar-refractivity contribution is -0.117. The maximum Gasteiger partial charge on any atom is 0.226 e. The number of methoxy groups -OCH3 is 1. The van der Waals surface area contributed by atoms with Crippen molar-refractivity contribution in [3.63, 3.8) is 0 Å². The molecule has 0 spiro atoms. The number of carbonyl (C=O) groups is 1. The topological polar surface area (TPSA) is 99.4 Å². The first-order valence-corrected chi connectivity index (χ1v) is 10.3. The van der Waals surface area contributed by atoms with Gasteiger partial charge in [-0.3, -0.25) is 0 Å². The fourth-order valence-electron chi connectivity index (χ4n) is 3.02. The van der Waals surface area contributed by atoms with Gasteiger partial charge in [-0.05, 0) is 55.2 Å². The van der Waals surface area contributed by atoms with Crippen LogP contribution in [0.25, 0.3) is 0 Å². The Bertz CT molecular complexity index is 989. The number of hydrogen-bond acceptors (Lipinski definition) is 7. The van der Waals surface area contributed by atoms with Crippen molar-refractivity contribution in [2.75, 3.05) is 12.4 Å². The van der Waals surface area contributed by atoms with E-state index in [2.05, 4.69) is 15.3 Å². The molecule has 1 heterocycles. The van der Waals surface area contributed by atoms with Gasteiger partial charge in [-0.1, -0.05) is 24.3 Å². The molecule has 0 saturated carbocycles. The lowest BCUT2D eigenvalue weighted by Gasteiger charge is -2.11. The van der Waals surface area contributed by atoms with Crippen LogP contribution in [0.4, 0.5) is 5.95 Å². The maximum absolute atomic E-state index is 11.1. The Morgan fingerprint density at radius 1 is 1.00 bits per heavy atom. The first kappa shape index (κ1) is 22.2. The summed E-state index contributed by atoms with van der Waals surface area (Å²) in [5.41, 5.74) is 8.72. The van der Waals surface area contributed by atoms with Gasteiger partial charge in [0.25, 0.3) is 0 Å². The average molecular weight is 421 g/mol. The molecule has 0 fully saturated rings. The van der Waals surface area contributed by atoms with Crippen molar-refractivity contribution >= 4 is 11.7 Å². The standard InChI is InChI=1S/C24H28N4O3/c1-17(29)4-3-5-18-6-12-22(13-7-18)31-23-14-20(15-25)27-24(28-23)26-16-19-8-10-21(30-2)11-9-19/h6-14H,3-5,15-16,25H2,1-2H3,(H,26,27,28). The van der Waals surface area contributed by atoms with E-state index in [-0.39, 0.29) is 12.3 Å².